The molecule has 2 heteroatoms. The second-order valence-corrected chi connectivity index (χ2v) is 2.08. The van der Waals surface area contributed by atoms with Crippen LogP contribution >= 0.6 is 0 Å². The van der Waals surface area contributed by atoms with E-state index in [9.17, 15) is 4.79 Å². The van der Waals surface area contributed by atoms with Crippen LogP contribution in [0.15, 0.2) is 24.3 Å². The van der Waals surface area contributed by atoms with Crippen molar-refractivity contribution < 1.29 is 4.79 Å². The smallest absolute Gasteiger partial charge is 0.207 e. The van der Waals surface area contributed by atoms with Crippen molar-refractivity contribution in [3.63, 3.8) is 0 Å². The highest BCUT2D eigenvalue weighted by Crippen LogP contribution is 1.98. The number of allylic oxidation sites excluding steroid dienone is 1. The molecular formula is C8H13NO. The molecule has 0 saturated heterocycles. The van der Waals surface area contributed by atoms with Gasteiger partial charge in [-0.1, -0.05) is 18.7 Å². The first-order chi connectivity index (χ1) is 4.72. The van der Waals surface area contributed by atoms with E-state index in [-0.39, 0.29) is 6.04 Å². The van der Waals surface area contributed by atoms with E-state index in [0.717, 1.165) is 5.57 Å². The van der Waals surface area contributed by atoms with E-state index in [4.69, 9.17) is 0 Å². The molecule has 0 bridgehead atoms. The maximum absolute atomic E-state index is 9.95. The van der Waals surface area contributed by atoms with Crippen LogP contribution in [0.2, 0.25) is 0 Å². The normalized spacial score (nSPS) is 13.0. The molecule has 1 N–H and O–H groups in total. The molecule has 0 aromatic heterocycles. The van der Waals surface area contributed by atoms with Crippen LogP contribution in [0, 0.1) is 0 Å². The van der Waals surface area contributed by atoms with Gasteiger partial charge in [-0.15, -0.1) is 0 Å². The highest BCUT2D eigenvalue weighted by Gasteiger charge is 1.98. The van der Waals surface area contributed by atoms with Crippen LogP contribution < -0.4 is 5.32 Å². The van der Waals surface area contributed by atoms with Gasteiger partial charge in [0.05, 0.1) is 6.04 Å². The zero-order chi connectivity index (χ0) is 7.98. The first-order valence-electron chi connectivity index (χ1n) is 3.23. The van der Waals surface area contributed by atoms with Crippen molar-refractivity contribution in [1.82, 2.24) is 5.32 Å². The fourth-order valence-corrected chi connectivity index (χ4v) is 0.568. The number of hydrogen-bond donors (Lipinski definition) is 1. The number of rotatable bonds is 4. The standard InChI is InChI=1S/C8H13NO/c1-4-5-7(2)8(3)9-6-10/h4-6,8H,2H2,1,3H3,(H,9,10)/b5-4-/t8-/m1/s1. The SMILES string of the molecule is C=C(/C=C\C)[C@@H](C)NC=O. The van der Waals surface area contributed by atoms with E-state index < -0.39 is 0 Å². The Bertz CT molecular complexity index is 149. The summed E-state index contributed by atoms with van der Waals surface area (Å²) in [5.41, 5.74) is 0.912. The molecule has 0 rings (SSSR count). The number of nitrogens with one attached hydrogen (secondary N) is 1. The van der Waals surface area contributed by atoms with E-state index >= 15 is 0 Å². The summed E-state index contributed by atoms with van der Waals surface area (Å²) in [6.45, 7) is 7.56. The lowest BCUT2D eigenvalue weighted by Crippen LogP contribution is -2.25. The van der Waals surface area contributed by atoms with Gasteiger partial charge in [0, 0.05) is 0 Å². The predicted molar refractivity (Wildman–Crippen MR) is 42.6 cm³/mol. The van der Waals surface area contributed by atoms with Crippen molar-refractivity contribution in [3.8, 4) is 0 Å². The predicted octanol–water partition coefficient (Wildman–Crippen LogP) is 1.25. The maximum atomic E-state index is 9.95. The fourth-order valence-electron chi connectivity index (χ4n) is 0.568. The Balaban J connectivity index is 3.81. The molecule has 0 fully saturated rings. The minimum Gasteiger partial charge on any atom is -0.352 e. The first kappa shape index (κ1) is 8.95. The van der Waals surface area contributed by atoms with Gasteiger partial charge in [-0.3, -0.25) is 4.79 Å². The van der Waals surface area contributed by atoms with Crippen LogP contribution in [-0.2, 0) is 4.79 Å². The molecule has 0 aliphatic carbocycles. The van der Waals surface area contributed by atoms with Crippen LogP contribution in [0.1, 0.15) is 13.8 Å². The first-order valence-corrected chi connectivity index (χ1v) is 3.23. The van der Waals surface area contributed by atoms with Crippen molar-refractivity contribution in [2.75, 3.05) is 0 Å². The molecule has 0 aliphatic heterocycles. The maximum Gasteiger partial charge on any atom is 0.207 e. The third-order valence-corrected chi connectivity index (χ3v) is 1.25. The Kier molecular flexibility index (Phi) is 4.29. The molecule has 1 atom stereocenters. The Morgan fingerprint density at radius 2 is 2.30 bits per heavy atom. The van der Waals surface area contributed by atoms with Gasteiger partial charge in [0.1, 0.15) is 0 Å². The third kappa shape index (κ3) is 3.07. The van der Waals surface area contributed by atoms with Gasteiger partial charge in [0.15, 0.2) is 0 Å². The van der Waals surface area contributed by atoms with E-state index in [1.807, 2.05) is 26.0 Å². The van der Waals surface area contributed by atoms with Crippen LogP contribution in [0.4, 0.5) is 0 Å². The largest absolute Gasteiger partial charge is 0.352 e. The summed E-state index contributed by atoms with van der Waals surface area (Å²) in [6, 6.07) is 0.0358. The Labute approximate surface area is 61.6 Å². The zero-order valence-electron chi connectivity index (χ0n) is 6.42. The van der Waals surface area contributed by atoms with Gasteiger partial charge in [-0.2, -0.15) is 0 Å². The average Bonchev–Trinajstić information content (AvgIpc) is 1.89. The van der Waals surface area contributed by atoms with Crippen molar-refractivity contribution >= 4 is 6.41 Å². The zero-order valence-corrected chi connectivity index (χ0v) is 6.42. The van der Waals surface area contributed by atoms with E-state index in [1.54, 1.807) is 0 Å². The Morgan fingerprint density at radius 3 is 2.70 bits per heavy atom. The molecule has 0 heterocycles. The second-order valence-electron chi connectivity index (χ2n) is 2.08. The highest BCUT2D eigenvalue weighted by molar-refractivity contribution is 5.48. The van der Waals surface area contributed by atoms with Gasteiger partial charge >= 0.3 is 0 Å². The molecule has 0 aromatic rings. The lowest BCUT2D eigenvalue weighted by Gasteiger charge is -2.08. The van der Waals surface area contributed by atoms with Crippen molar-refractivity contribution in [3.05, 3.63) is 24.3 Å². The lowest BCUT2D eigenvalue weighted by molar-refractivity contribution is -0.109. The summed E-state index contributed by atoms with van der Waals surface area (Å²) < 4.78 is 0. The molecule has 0 saturated carbocycles. The van der Waals surface area contributed by atoms with E-state index in [1.165, 1.54) is 0 Å². The average molecular weight is 139 g/mol. The summed E-state index contributed by atoms with van der Waals surface area (Å²) in [5, 5.41) is 2.60. The second kappa shape index (κ2) is 4.79. The molecule has 0 spiro atoms. The van der Waals surface area contributed by atoms with Gasteiger partial charge in [-0.05, 0) is 19.4 Å². The number of hydrogen-bond acceptors (Lipinski definition) is 1. The minimum absolute atomic E-state index is 0.0358. The molecule has 56 valence electrons. The van der Waals surface area contributed by atoms with Gasteiger partial charge in [0.2, 0.25) is 6.41 Å². The summed E-state index contributed by atoms with van der Waals surface area (Å²) in [6.07, 6.45) is 4.45. The van der Waals surface area contributed by atoms with Crippen LogP contribution in [-0.4, -0.2) is 12.5 Å². The summed E-state index contributed by atoms with van der Waals surface area (Å²) >= 11 is 0. The number of carbonyl (C=O) groups excluding carboxylic acids is 1. The van der Waals surface area contributed by atoms with Gasteiger partial charge in [-0.25, -0.2) is 0 Å². The monoisotopic (exact) mass is 139 g/mol. The van der Waals surface area contributed by atoms with Crippen molar-refractivity contribution in [2.24, 2.45) is 0 Å². The Morgan fingerprint density at radius 1 is 1.70 bits per heavy atom. The lowest BCUT2D eigenvalue weighted by atomic mass is 10.1. The third-order valence-electron chi connectivity index (χ3n) is 1.25. The van der Waals surface area contributed by atoms with Crippen LogP contribution in [0.5, 0.6) is 0 Å². The summed E-state index contributed by atoms with van der Waals surface area (Å²) in [4.78, 5) is 9.95. The Hall–Kier alpha value is -1.05. The van der Waals surface area contributed by atoms with E-state index in [2.05, 4.69) is 11.9 Å². The fraction of sp³-hybridized carbons (Fsp3) is 0.375. The summed E-state index contributed by atoms with van der Waals surface area (Å²) in [7, 11) is 0. The van der Waals surface area contributed by atoms with E-state index in [0.29, 0.717) is 6.41 Å². The van der Waals surface area contributed by atoms with Crippen LogP contribution in [0.3, 0.4) is 0 Å². The van der Waals surface area contributed by atoms with Gasteiger partial charge in [0.25, 0.3) is 0 Å². The molecule has 0 aliphatic rings. The molecule has 0 radical (unpaired) electrons. The number of amides is 1. The molecule has 10 heavy (non-hydrogen) atoms. The molecule has 0 aromatic carbocycles. The molecule has 0 unspecified atom stereocenters. The topological polar surface area (TPSA) is 29.1 Å². The van der Waals surface area contributed by atoms with Crippen molar-refractivity contribution in [1.29, 1.82) is 0 Å². The molecule has 2 nitrogen and oxygen atoms in total. The van der Waals surface area contributed by atoms with Gasteiger partial charge < -0.3 is 5.32 Å². The van der Waals surface area contributed by atoms with Crippen molar-refractivity contribution in [2.45, 2.75) is 19.9 Å². The highest BCUT2D eigenvalue weighted by atomic mass is 16.1. The molecule has 1 amide bonds. The number of carbonyl (C=O) groups is 1. The summed E-state index contributed by atoms with van der Waals surface area (Å²) in [5.74, 6) is 0. The minimum atomic E-state index is 0.0358. The quantitative estimate of drug-likeness (QED) is 0.461. The molecular weight excluding hydrogens is 126 g/mol. The van der Waals surface area contributed by atoms with Crippen LogP contribution in [0.25, 0.3) is 0 Å².